The third kappa shape index (κ3) is 4.33. The van der Waals surface area contributed by atoms with Crippen molar-refractivity contribution < 1.29 is 27.0 Å². The molecular formula is C18H20F3N3O3S. The molecule has 1 aromatic carbocycles. The lowest BCUT2D eigenvalue weighted by Crippen LogP contribution is -2.27. The Morgan fingerprint density at radius 3 is 2.54 bits per heavy atom. The highest BCUT2D eigenvalue weighted by atomic mass is 32.2. The van der Waals surface area contributed by atoms with E-state index < -0.39 is 22.7 Å². The number of halogens is 3. The highest BCUT2D eigenvalue weighted by Gasteiger charge is 2.37. The van der Waals surface area contributed by atoms with Crippen LogP contribution in [0.3, 0.4) is 0 Å². The molecule has 0 spiro atoms. The Bertz CT molecular complexity index is 923. The summed E-state index contributed by atoms with van der Waals surface area (Å²) < 4.78 is 53.8. The number of aromatic nitrogens is 2. The Hall–Kier alpha value is -2.46. The van der Waals surface area contributed by atoms with Gasteiger partial charge >= 0.3 is 6.18 Å². The van der Waals surface area contributed by atoms with Crippen LogP contribution in [0.5, 0.6) is 0 Å². The standard InChI is InChI=1S/C18H20F3N3O3S/c1-5-28(26)15-9-7-6-8-12(15)17-22-13(14(11-25)23(17)2)10-16(18(19,20)21)24(3)27-4/h6-11H,5H2,1-4H3/b16-10-. The zero-order valence-corrected chi connectivity index (χ0v) is 16.6. The van der Waals surface area contributed by atoms with Gasteiger partial charge < -0.3 is 4.57 Å². The molecule has 0 aliphatic rings. The average molecular weight is 415 g/mol. The van der Waals surface area contributed by atoms with Gasteiger partial charge in [-0.25, -0.2) is 4.98 Å². The minimum Gasteiger partial charge on any atom is -0.324 e. The van der Waals surface area contributed by atoms with Crippen molar-refractivity contribution in [3.8, 4) is 11.4 Å². The molecule has 0 fully saturated rings. The zero-order valence-electron chi connectivity index (χ0n) is 15.8. The van der Waals surface area contributed by atoms with E-state index in [1.165, 1.54) is 11.6 Å². The van der Waals surface area contributed by atoms with Gasteiger partial charge in [0.25, 0.3) is 0 Å². The molecule has 0 N–H and O–H groups in total. The van der Waals surface area contributed by atoms with Crippen molar-refractivity contribution in [2.45, 2.75) is 18.0 Å². The van der Waals surface area contributed by atoms with Crippen molar-refractivity contribution in [3.63, 3.8) is 0 Å². The van der Waals surface area contributed by atoms with Crippen LogP contribution in [0.4, 0.5) is 13.2 Å². The zero-order chi connectivity index (χ0) is 21.1. The Balaban J connectivity index is 2.72. The number of hydrogen-bond donors (Lipinski definition) is 0. The molecule has 152 valence electrons. The molecule has 0 radical (unpaired) electrons. The molecule has 10 heteroatoms. The van der Waals surface area contributed by atoms with Gasteiger partial charge in [-0.2, -0.15) is 13.2 Å². The van der Waals surface area contributed by atoms with Crippen LogP contribution in [0.1, 0.15) is 23.1 Å². The first-order valence-electron chi connectivity index (χ1n) is 8.22. The minimum absolute atomic E-state index is 0.0432. The molecule has 0 saturated heterocycles. The second-order valence-corrected chi connectivity index (χ2v) is 7.43. The third-order valence-electron chi connectivity index (χ3n) is 4.09. The molecule has 0 aliphatic carbocycles. The van der Waals surface area contributed by atoms with Gasteiger partial charge in [0.15, 0.2) is 6.29 Å². The first-order chi connectivity index (χ1) is 13.1. The van der Waals surface area contributed by atoms with E-state index in [0.717, 1.165) is 20.2 Å². The van der Waals surface area contributed by atoms with Crippen LogP contribution in [0, 0.1) is 0 Å². The Kier molecular flexibility index (Phi) is 6.78. The number of benzene rings is 1. The maximum Gasteiger partial charge on any atom is 0.433 e. The van der Waals surface area contributed by atoms with Crippen molar-refractivity contribution in [1.82, 2.24) is 14.6 Å². The Labute approximate surface area is 163 Å². The number of alkyl halides is 3. The second-order valence-electron chi connectivity index (χ2n) is 5.72. The molecule has 0 aliphatic heterocycles. The van der Waals surface area contributed by atoms with Crippen LogP contribution in [0.25, 0.3) is 17.5 Å². The number of carbonyl (C=O) groups is 1. The monoisotopic (exact) mass is 415 g/mol. The fourth-order valence-electron chi connectivity index (χ4n) is 2.60. The summed E-state index contributed by atoms with van der Waals surface area (Å²) in [5, 5.41) is 0.545. The lowest BCUT2D eigenvalue weighted by atomic mass is 10.2. The average Bonchev–Trinajstić information content (AvgIpc) is 2.99. The summed E-state index contributed by atoms with van der Waals surface area (Å²) in [4.78, 5) is 20.9. The number of hydrogen-bond acceptors (Lipinski definition) is 5. The molecule has 1 aromatic heterocycles. The van der Waals surface area contributed by atoms with E-state index in [0.29, 0.717) is 27.6 Å². The molecule has 28 heavy (non-hydrogen) atoms. The van der Waals surface area contributed by atoms with Gasteiger partial charge in [0.1, 0.15) is 17.2 Å². The van der Waals surface area contributed by atoms with Gasteiger partial charge in [0, 0.05) is 30.3 Å². The summed E-state index contributed by atoms with van der Waals surface area (Å²) in [6.45, 7) is 1.76. The minimum atomic E-state index is -4.72. The fraction of sp³-hybridized carbons (Fsp3) is 0.333. The topological polar surface area (TPSA) is 64.4 Å². The number of allylic oxidation sites excluding steroid dienone is 1. The Morgan fingerprint density at radius 1 is 1.36 bits per heavy atom. The van der Waals surface area contributed by atoms with Crippen molar-refractivity contribution in [2.24, 2.45) is 7.05 Å². The summed E-state index contributed by atoms with van der Waals surface area (Å²) in [5.74, 6) is 0.610. The normalized spacial score (nSPS) is 13.5. The number of hydroxylamine groups is 2. The molecule has 1 atom stereocenters. The second kappa shape index (κ2) is 8.70. The summed E-state index contributed by atoms with van der Waals surface area (Å²) >= 11 is 0. The molecule has 2 rings (SSSR count). The summed E-state index contributed by atoms with van der Waals surface area (Å²) in [6.07, 6.45) is -3.54. The summed E-state index contributed by atoms with van der Waals surface area (Å²) in [6, 6.07) is 6.75. The van der Waals surface area contributed by atoms with E-state index in [-0.39, 0.29) is 17.2 Å². The van der Waals surface area contributed by atoms with Crippen LogP contribution in [0.15, 0.2) is 34.9 Å². The van der Waals surface area contributed by atoms with E-state index >= 15 is 0 Å². The third-order valence-corrected chi connectivity index (χ3v) is 5.46. The SMILES string of the molecule is CCS(=O)c1ccccc1-c1nc(/C=C(\N(C)OC)C(F)(F)F)c(C=O)n1C. The maximum absolute atomic E-state index is 13.4. The Morgan fingerprint density at radius 2 is 2.00 bits per heavy atom. The van der Waals surface area contributed by atoms with Crippen LogP contribution in [-0.4, -0.2) is 51.2 Å². The largest absolute Gasteiger partial charge is 0.433 e. The van der Waals surface area contributed by atoms with Crippen molar-refractivity contribution in [1.29, 1.82) is 0 Å². The number of aldehydes is 1. The quantitative estimate of drug-likeness (QED) is 0.512. The molecule has 2 aromatic rings. The van der Waals surface area contributed by atoms with Crippen molar-refractivity contribution >= 4 is 23.2 Å². The highest BCUT2D eigenvalue weighted by Crippen LogP contribution is 2.32. The maximum atomic E-state index is 13.4. The van der Waals surface area contributed by atoms with Crippen LogP contribution in [-0.2, 0) is 22.7 Å². The number of nitrogens with zero attached hydrogens (tertiary/aromatic N) is 3. The fourth-order valence-corrected chi connectivity index (χ4v) is 3.55. The number of carbonyl (C=O) groups excluding carboxylic acids is 1. The molecule has 6 nitrogen and oxygen atoms in total. The number of imidazole rings is 1. The lowest BCUT2D eigenvalue weighted by Gasteiger charge is -2.21. The van der Waals surface area contributed by atoms with Crippen LogP contribution < -0.4 is 0 Å². The van der Waals surface area contributed by atoms with Crippen LogP contribution >= 0.6 is 0 Å². The van der Waals surface area contributed by atoms with Gasteiger partial charge in [0.2, 0.25) is 0 Å². The molecule has 1 heterocycles. The van der Waals surface area contributed by atoms with Gasteiger partial charge in [-0.1, -0.05) is 25.1 Å². The van der Waals surface area contributed by atoms with E-state index in [1.54, 1.807) is 31.2 Å². The molecule has 0 bridgehead atoms. The predicted octanol–water partition coefficient (Wildman–Crippen LogP) is 3.42. The van der Waals surface area contributed by atoms with Crippen molar-refractivity contribution in [3.05, 3.63) is 41.4 Å². The predicted molar refractivity (Wildman–Crippen MR) is 99.8 cm³/mol. The molecule has 1 unspecified atom stereocenters. The lowest BCUT2D eigenvalue weighted by molar-refractivity contribution is -0.168. The molecule has 0 amide bonds. The smallest absolute Gasteiger partial charge is 0.324 e. The van der Waals surface area contributed by atoms with Crippen LogP contribution in [0.2, 0.25) is 0 Å². The summed E-state index contributed by atoms with van der Waals surface area (Å²) in [5.41, 5.74) is -0.839. The van der Waals surface area contributed by atoms with E-state index in [2.05, 4.69) is 9.82 Å². The first kappa shape index (κ1) is 21.8. The first-order valence-corrected chi connectivity index (χ1v) is 9.53. The van der Waals surface area contributed by atoms with Crippen molar-refractivity contribution in [2.75, 3.05) is 19.9 Å². The van der Waals surface area contributed by atoms with Gasteiger partial charge in [-0.05, 0) is 12.1 Å². The van der Waals surface area contributed by atoms with Gasteiger partial charge in [-0.15, -0.1) is 0 Å². The van der Waals surface area contributed by atoms with E-state index in [9.17, 15) is 22.2 Å². The highest BCUT2D eigenvalue weighted by molar-refractivity contribution is 7.85. The number of rotatable bonds is 7. The van der Waals surface area contributed by atoms with Gasteiger partial charge in [-0.3, -0.25) is 18.9 Å². The van der Waals surface area contributed by atoms with E-state index in [1.807, 2.05) is 0 Å². The summed E-state index contributed by atoms with van der Waals surface area (Å²) in [7, 11) is 2.41. The molecule has 0 saturated carbocycles. The molecular weight excluding hydrogens is 395 g/mol. The van der Waals surface area contributed by atoms with E-state index in [4.69, 9.17) is 0 Å². The van der Waals surface area contributed by atoms with Gasteiger partial charge in [0.05, 0.1) is 23.6 Å².